The Labute approximate surface area is 202 Å². The van der Waals surface area contributed by atoms with Crippen LogP contribution in [-0.4, -0.2) is 17.4 Å². The molecule has 3 aromatic carbocycles. The number of ketones is 1. The summed E-state index contributed by atoms with van der Waals surface area (Å²) < 4.78 is 11.7. The van der Waals surface area contributed by atoms with Crippen LogP contribution in [-0.2, 0) is 10.2 Å². The summed E-state index contributed by atoms with van der Waals surface area (Å²) in [5.74, 6) is 1.04. The second kappa shape index (κ2) is 9.46. The van der Waals surface area contributed by atoms with Gasteiger partial charge in [-0.1, -0.05) is 24.3 Å². The highest BCUT2D eigenvalue weighted by atomic mass is 16.5. The molecule has 0 bridgehead atoms. The SMILES string of the molecule is CC(=O)C(C)(C)c1ccc(C(=O)Oc2ccc(-c3ccc(OC(C)(C)C)c(C)c3)cc2C)cc1. The van der Waals surface area contributed by atoms with Crippen molar-refractivity contribution in [2.75, 3.05) is 0 Å². The Balaban J connectivity index is 1.76. The first-order chi connectivity index (χ1) is 15.8. The molecule has 0 heterocycles. The third kappa shape index (κ3) is 5.74. The summed E-state index contributed by atoms with van der Waals surface area (Å²) in [6.45, 7) is 15.4. The van der Waals surface area contributed by atoms with E-state index in [2.05, 4.69) is 6.07 Å². The van der Waals surface area contributed by atoms with Gasteiger partial charge in [-0.05, 0) is 120 Å². The zero-order valence-electron chi connectivity index (χ0n) is 21.4. The standard InChI is InChI=1S/C30H34O4/c1-19-17-23(24-12-16-27(20(2)18-24)34-29(4,5)6)11-15-26(19)33-28(32)22-9-13-25(14-10-22)30(7,8)21(3)31/h9-18H,1-8H3. The normalized spacial score (nSPS) is 11.8. The topological polar surface area (TPSA) is 52.6 Å². The first kappa shape index (κ1) is 25.2. The summed E-state index contributed by atoms with van der Waals surface area (Å²) in [7, 11) is 0. The molecule has 0 aromatic heterocycles. The Morgan fingerprint density at radius 1 is 0.706 bits per heavy atom. The number of aryl methyl sites for hydroxylation is 2. The van der Waals surface area contributed by atoms with Crippen molar-refractivity contribution < 1.29 is 19.1 Å². The quantitative estimate of drug-likeness (QED) is 0.289. The van der Waals surface area contributed by atoms with E-state index < -0.39 is 11.4 Å². The molecule has 34 heavy (non-hydrogen) atoms. The Bertz CT molecular complexity index is 1210. The van der Waals surface area contributed by atoms with E-state index in [9.17, 15) is 9.59 Å². The molecular weight excluding hydrogens is 424 g/mol. The Morgan fingerprint density at radius 2 is 1.21 bits per heavy atom. The number of hydrogen-bond acceptors (Lipinski definition) is 4. The summed E-state index contributed by atoms with van der Waals surface area (Å²) in [5.41, 5.74) is 4.51. The van der Waals surface area contributed by atoms with Crippen LogP contribution in [0.1, 0.15) is 68.6 Å². The fourth-order valence-corrected chi connectivity index (χ4v) is 3.60. The summed E-state index contributed by atoms with van der Waals surface area (Å²) in [5, 5.41) is 0. The van der Waals surface area contributed by atoms with Crippen LogP contribution >= 0.6 is 0 Å². The van der Waals surface area contributed by atoms with Gasteiger partial charge in [-0.2, -0.15) is 0 Å². The predicted octanol–water partition coefficient (Wildman–Crippen LogP) is 7.23. The molecule has 3 rings (SSSR count). The van der Waals surface area contributed by atoms with Crippen molar-refractivity contribution in [2.45, 2.75) is 66.4 Å². The maximum Gasteiger partial charge on any atom is 0.343 e. The van der Waals surface area contributed by atoms with Crippen molar-refractivity contribution in [3.05, 3.63) is 82.9 Å². The molecule has 0 radical (unpaired) electrons. The largest absolute Gasteiger partial charge is 0.488 e. The van der Waals surface area contributed by atoms with Gasteiger partial charge in [0.2, 0.25) is 0 Å². The van der Waals surface area contributed by atoms with Gasteiger partial charge in [0, 0.05) is 5.41 Å². The number of hydrogen-bond donors (Lipinski definition) is 0. The Morgan fingerprint density at radius 3 is 1.65 bits per heavy atom. The number of carbonyl (C=O) groups is 2. The van der Waals surface area contributed by atoms with E-state index in [1.54, 1.807) is 19.1 Å². The third-order valence-corrected chi connectivity index (χ3v) is 6.02. The van der Waals surface area contributed by atoms with Gasteiger partial charge < -0.3 is 9.47 Å². The lowest BCUT2D eigenvalue weighted by molar-refractivity contribution is -0.121. The highest BCUT2D eigenvalue weighted by Gasteiger charge is 2.26. The number of carbonyl (C=O) groups excluding carboxylic acids is 2. The van der Waals surface area contributed by atoms with Gasteiger partial charge in [0.1, 0.15) is 22.9 Å². The van der Waals surface area contributed by atoms with Gasteiger partial charge >= 0.3 is 5.97 Å². The van der Waals surface area contributed by atoms with Crippen LogP contribution in [0.5, 0.6) is 11.5 Å². The van der Waals surface area contributed by atoms with Gasteiger partial charge in [0.25, 0.3) is 0 Å². The van der Waals surface area contributed by atoms with Gasteiger partial charge in [-0.15, -0.1) is 0 Å². The van der Waals surface area contributed by atoms with Gasteiger partial charge in [-0.3, -0.25) is 4.79 Å². The molecule has 0 atom stereocenters. The molecule has 0 unspecified atom stereocenters. The molecular formula is C30H34O4. The lowest BCUT2D eigenvalue weighted by Crippen LogP contribution is -2.26. The predicted molar refractivity (Wildman–Crippen MR) is 137 cm³/mol. The van der Waals surface area contributed by atoms with Crippen LogP contribution < -0.4 is 9.47 Å². The van der Waals surface area contributed by atoms with E-state index in [1.807, 2.05) is 90.9 Å². The number of rotatable bonds is 6. The van der Waals surface area contributed by atoms with Gasteiger partial charge in [0.15, 0.2) is 0 Å². The van der Waals surface area contributed by atoms with Crippen LogP contribution in [0.2, 0.25) is 0 Å². The molecule has 0 N–H and O–H groups in total. The van der Waals surface area contributed by atoms with Gasteiger partial charge in [-0.25, -0.2) is 4.79 Å². The zero-order valence-corrected chi connectivity index (χ0v) is 21.4. The fraction of sp³-hybridized carbons (Fsp3) is 0.333. The van der Waals surface area contributed by atoms with E-state index >= 15 is 0 Å². The molecule has 3 aromatic rings. The van der Waals surface area contributed by atoms with Crippen molar-refractivity contribution >= 4 is 11.8 Å². The van der Waals surface area contributed by atoms with Crippen molar-refractivity contribution in [1.29, 1.82) is 0 Å². The highest BCUT2D eigenvalue weighted by molar-refractivity contribution is 5.92. The average Bonchev–Trinajstić information content (AvgIpc) is 2.75. The zero-order chi connectivity index (χ0) is 25.3. The van der Waals surface area contributed by atoms with E-state index in [4.69, 9.17) is 9.47 Å². The molecule has 178 valence electrons. The average molecular weight is 459 g/mol. The first-order valence-corrected chi connectivity index (χ1v) is 11.5. The van der Waals surface area contributed by atoms with Crippen LogP contribution in [0.25, 0.3) is 11.1 Å². The summed E-state index contributed by atoms with van der Waals surface area (Å²) in [6.07, 6.45) is 0. The lowest BCUT2D eigenvalue weighted by atomic mass is 9.81. The molecule has 0 aliphatic heterocycles. The lowest BCUT2D eigenvalue weighted by Gasteiger charge is -2.23. The van der Waals surface area contributed by atoms with Crippen molar-refractivity contribution in [1.82, 2.24) is 0 Å². The molecule has 0 amide bonds. The molecule has 4 heteroatoms. The second-order valence-corrected chi connectivity index (χ2v) is 10.3. The summed E-state index contributed by atoms with van der Waals surface area (Å²) >= 11 is 0. The molecule has 0 saturated carbocycles. The summed E-state index contributed by atoms with van der Waals surface area (Å²) in [4.78, 5) is 24.6. The van der Waals surface area contributed by atoms with Crippen LogP contribution in [0, 0.1) is 13.8 Å². The molecule has 0 fully saturated rings. The first-order valence-electron chi connectivity index (χ1n) is 11.5. The number of ether oxygens (including phenoxy) is 2. The third-order valence-electron chi connectivity index (χ3n) is 6.02. The Kier molecular flexibility index (Phi) is 7.02. The van der Waals surface area contributed by atoms with Crippen LogP contribution in [0.15, 0.2) is 60.7 Å². The number of esters is 1. The van der Waals surface area contributed by atoms with Gasteiger partial charge in [0.05, 0.1) is 5.56 Å². The molecule has 0 spiro atoms. The van der Waals surface area contributed by atoms with Crippen molar-refractivity contribution in [2.24, 2.45) is 0 Å². The Hall–Kier alpha value is -3.40. The van der Waals surface area contributed by atoms with E-state index in [0.29, 0.717) is 11.3 Å². The number of benzene rings is 3. The van der Waals surface area contributed by atoms with Crippen molar-refractivity contribution in [3.63, 3.8) is 0 Å². The monoisotopic (exact) mass is 458 g/mol. The summed E-state index contributed by atoms with van der Waals surface area (Å²) in [6, 6.07) is 19.0. The molecule has 0 saturated heterocycles. The maximum absolute atomic E-state index is 12.7. The maximum atomic E-state index is 12.7. The van der Waals surface area contributed by atoms with E-state index in [0.717, 1.165) is 33.6 Å². The van der Waals surface area contributed by atoms with Crippen LogP contribution in [0.4, 0.5) is 0 Å². The van der Waals surface area contributed by atoms with E-state index in [1.165, 1.54) is 0 Å². The van der Waals surface area contributed by atoms with E-state index in [-0.39, 0.29) is 11.4 Å². The van der Waals surface area contributed by atoms with Crippen LogP contribution in [0.3, 0.4) is 0 Å². The molecule has 0 aliphatic carbocycles. The fourth-order valence-electron chi connectivity index (χ4n) is 3.60. The number of Topliss-reactive ketones (excluding diaryl/α,β-unsaturated/α-hetero) is 1. The molecule has 4 nitrogen and oxygen atoms in total. The minimum absolute atomic E-state index is 0.0742. The molecule has 0 aliphatic rings. The highest BCUT2D eigenvalue weighted by Crippen LogP contribution is 2.31. The minimum atomic E-state index is -0.593. The smallest absolute Gasteiger partial charge is 0.343 e. The minimum Gasteiger partial charge on any atom is -0.488 e. The van der Waals surface area contributed by atoms with Crippen molar-refractivity contribution in [3.8, 4) is 22.6 Å². The second-order valence-electron chi connectivity index (χ2n) is 10.3.